The molecule has 16 heavy (non-hydrogen) atoms. The molecule has 1 aromatic heterocycles. The molecular weight excluding hydrogens is 224 g/mol. The Kier molecular flexibility index (Phi) is 3.61. The van der Waals surface area contributed by atoms with Crippen LogP contribution in [0.15, 0.2) is 6.07 Å². The van der Waals surface area contributed by atoms with E-state index >= 15 is 0 Å². The van der Waals surface area contributed by atoms with Crippen LogP contribution >= 0.6 is 11.6 Å². The molecule has 0 aliphatic carbocycles. The van der Waals surface area contributed by atoms with E-state index in [4.69, 9.17) is 17.3 Å². The van der Waals surface area contributed by atoms with Crippen molar-refractivity contribution in [1.29, 1.82) is 0 Å². The Bertz CT molecular complexity index is 369. The van der Waals surface area contributed by atoms with Crippen molar-refractivity contribution in [2.45, 2.75) is 25.7 Å². The van der Waals surface area contributed by atoms with Gasteiger partial charge in [0.1, 0.15) is 0 Å². The van der Waals surface area contributed by atoms with Crippen LogP contribution in [0.4, 0.5) is 5.82 Å². The highest BCUT2D eigenvalue weighted by atomic mass is 35.5. The van der Waals surface area contributed by atoms with Gasteiger partial charge in [0.25, 0.3) is 0 Å². The van der Waals surface area contributed by atoms with Crippen molar-refractivity contribution in [1.82, 2.24) is 15.1 Å². The second-order valence-corrected chi connectivity index (χ2v) is 4.64. The predicted octanol–water partition coefficient (Wildman–Crippen LogP) is 1.91. The Hall–Kier alpha value is -0.870. The van der Waals surface area contributed by atoms with Crippen LogP contribution in [0.5, 0.6) is 0 Å². The van der Waals surface area contributed by atoms with Crippen molar-refractivity contribution in [2.75, 3.05) is 25.4 Å². The molecule has 0 saturated carbocycles. The van der Waals surface area contributed by atoms with Crippen LogP contribution in [0.1, 0.15) is 31.4 Å². The second-order valence-electron chi connectivity index (χ2n) is 4.23. The number of halogens is 1. The lowest BCUT2D eigenvalue weighted by atomic mass is 9.94. The molecule has 88 valence electrons. The Balaban J connectivity index is 2.13. The number of nitrogen functional groups attached to an aromatic ring is 1. The molecule has 2 heterocycles. The molecule has 1 atom stereocenters. The highest BCUT2D eigenvalue weighted by molar-refractivity contribution is 6.32. The molecular formula is C11H17ClN4. The van der Waals surface area contributed by atoms with Crippen molar-refractivity contribution >= 4 is 17.4 Å². The van der Waals surface area contributed by atoms with Crippen LogP contribution in [0.3, 0.4) is 0 Å². The summed E-state index contributed by atoms with van der Waals surface area (Å²) in [4.78, 5) is 2.43. The zero-order valence-corrected chi connectivity index (χ0v) is 10.2. The fraction of sp³-hybridized carbons (Fsp3) is 0.636. The summed E-state index contributed by atoms with van der Waals surface area (Å²) in [6.45, 7) is 5.51. The molecule has 2 N–H and O–H groups in total. The average Bonchev–Trinajstić information content (AvgIpc) is 2.33. The van der Waals surface area contributed by atoms with E-state index in [1.165, 1.54) is 13.0 Å². The van der Waals surface area contributed by atoms with Gasteiger partial charge in [-0.2, -0.15) is 5.10 Å². The van der Waals surface area contributed by atoms with Crippen LogP contribution in [0.25, 0.3) is 0 Å². The zero-order chi connectivity index (χ0) is 11.5. The van der Waals surface area contributed by atoms with E-state index in [1.807, 2.05) is 6.07 Å². The van der Waals surface area contributed by atoms with Crippen molar-refractivity contribution in [2.24, 2.45) is 0 Å². The first-order valence-electron chi connectivity index (χ1n) is 5.71. The third-order valence-corrected chi connectivity index (χ3v) is 3.47. The molecule has 1 aliphatic heterocycles. The molecule has 1 saturated heterocycles. The average molecular weight is 241 g/mol. The number of hydrogen-bond acceptors (Lipinski definition) is 4. The molecule has 0 aromatic carbocycles. The maximum absolute atomic E-state index is 5.96. The number of likely N-dealkylation sites (N-methyl/N-ethyl adjacent to an activating group) is 1. The van der Waals surface area contributed by atoms with Gasteiger partial charge in [-0.1, -0.05) is 18.5 Å². The van der Waals surface area contributed by atoms with Crippen molar-refractivity contribution in [3.63, 3.8) is 0 Å². The Morgan fingerprint density at radius 2 is 2.38 bits per heavy atom. The normalized spacial score (nSPS) is 22.2. The summed E-state index contributed by atoms with van der Waals surface area (Å²) in [6, 6.07) is 1.85. The van der Waals surface area contributed by atoms with E-state index in [-0.39, 0.29) is 0 Å². The summed E-state index contributed by atoms with van der Waals surface area (Å²) in [6.07, 6.45) is 2.37. The molecule has 1 unspecified atom stereocenters. The monoisotopic (exact) mass is 240 g/mol. The number of rotatable bonds is 2. The van der Waals surface area contributed by atoms with E-state index in [0.717, 1.165) is 25.2 Å². The number of hydrogen-bond donors (Lipinski definition) is 1. The van der Waals surface area contributed by atoms with Gasteiger partial charge in [-0.25, -0.2) is 0 Å². The van der Waals surface area contributed by atoms with Crippen LogP contribution in [0, 0.1) is 0 Å². The number of anilines is 1. The topological polar surface area (TPSA) is 55.0 Å². The molecule has 2 rings (SSSR count). The summed E-state index contributed by atoms with van der Waals surface area (Å²) in [7, 11) is 0. The van der Waals surface area contributed by atoms with Gasteiger partial charge in [-0.3, -0.25) is 0 Å². The third kappa shape index (κ3) is 2.44. The molecule has 0 amide bonds. The van der Waals surface area contributed by atoms with Crippen LogP contribution in [-0.2, 0) is 0 Å². The van der Waals surface area contributed by atoms with Crippen molar-refractivity contribution < 1.29 is 0 Å². The maximum atomic E-state index is 5.96. The highest BCUT2D eigenvalue weighted by Crippen LogP contribution is 2.27. The van der Waals surface area contributed by atoms with E-state index in [9.17, 15) is 0 Å². The van der Waals surface area contributed by atoms with Gasteiger partial charge in [0.15, 0.2) is 5.82 Å². The van der Waals surface area contributed by atoms with Gasteiger partial charge in [-0.05, 0) is 32.0 Å². The summed E-state index contributed by atoms with van der Waals surface area (Å²) < 4.78 is 0. The maximum Gasteiger partial charge on any atom is 0.164 e. The molecule has 0 radical (unpaired) electrons. The first kappa shape index (κ1) is 11.6. The molecule has 1 aliphatic rings. The lowest BCUT2D eigenvalue weighted by Crippen LogP contribution is -2.34. The standard InChI is InChI=1S/C11H17ClN4/c1-2-16-5-3-4-8(7-16)10-6-9(12)11(13)15-14-10/h6,8H,2-5,7H2,1H3,(H2,13,15). The van der Waals surface area contributed by atoms with Crippen molar-refractivity contribution in [3.8, 4) is 0 Å². The van der Waals surface area contributed by atoms with Crippen molar-refractivity contribution in [3.05, 3.63) is 16.8 Å². The smallest absolute Gasteiger partial charge is 0.164 e. The first-order chi connectivity index (χ1) is 7.70. The zero-order valence-electron chi connectivity index (χ0n) is 9.49. The lowest BCUT2D eigenvalue weighted by Gasteiger charge is -2.31. The number of nitrogens with zero attached hydrogens (tertiary/aromatic N) is 3. The second kappa shape index (κ2) is 4.97. The SMILES string of the molecule is CCN1CCCC(c2cc(Cl)c(N)nn2)C1. The third-order valence-electron chi connectivity index (χ3n) is 3.16. The summed E-state index contributed by atoms with van der Waals surface area (Å²) in [5, 5.41) is 8.54. The van der Waals surface area contributed by atoms with E-state index in [2.05, 4.69) is 22.0 Å². The minimum atomic E-state index is 0.313. The summed E-state index contributed by atoms with van der Waals surface area (Å²) >= 11 is 5.96. The van der Waals surface area contributed by atoms with Gasteiger partial charge in [0.2, 0.25) is 0 Å². The van der Waals surface area contributed by atoms with Crippen LogP contribution in [0.2, 0.25) is 5.02 Å². The lowest BCUT2D eigenvalue weighted by molar-refractivity contribution is 0.215. The number of aromatic nitrogens is 2. The minimum absolute atomic E-state index is 0.313. The van der Waals surface area contributed by atoms with Crippen LogP contribution in [-0.4, -0.2) is 34.7 Å². The Morgan fingerprint density at radius 3 is 3.06 bits per heavy atom. The number of piperidine rings is 1. The Morgan fingerprint density at radius 1 is 1.56 bits per heavy atom. The van der Waals surface area contributed by atoms with E-state index in [0.29, 0.717) is 16.8 Å². The predicted molar refractivity (Wildman–Crippen MR) is 65.5 cm³/mol. The van der Waals surface area contributed by atoms with Crippen LogP contribution < -0.4 is 5.73 Å². The quantitative estimate of drug-likeness (QED) is 0.858. The molecule has 0 spiro atoms. The fourth-order valence-corrected chi connectivity index (χ4v) is 2.33. The van der Waals surface area contributed by atoms with Gasteiger partial charge in [0, 0.05) is 12.5 Å². The summed E-state index contributed by atoms with van der Waals surface area (Å²) in [5.41, 5.74) is 6.53. The largest absolute Gasteiger partial charge is 0.381 e. The molecule has 1 fully saturated rings. The molecule has 1 aromatic rings. The minimum Gasteiger partial charge on any atom is -0.381 e. The van der Waals surface area contributed by atoms with E-state index < -0.39 is 0 Å². The van der Waals surface area contributed by atoms with E-state index in [1.54, 1.807) is 0 Å². The molecule has 5 heteroatoms. The number of nitrogens with two attached hydrogens (primary N) is 1. The summed E-state index contributed by atoms with van der Waals surface area (Å²) in [5.74, 6) is 0.757. The first-order valence-corrected chi connectivity index (χ1v) is 6.09. The van der Waals surface area contributed by atoms with Gasteiger partial charge >= 0.3 is 0 Å². The van der Waals surface area contributed by atoms with Gasteiger partial charge in [-0.15, -0.1) is 5.10 Å². The molecule has 4 nitrogen and oxygen atoms in total. The Labute approximate surface area is 101 Å². The molecule has 0 bridgehead atoms. The van der Waals surface area contributed by atoms with Gasteiger partial charge in [0.05, 0.1) is 10.7 Å². The highest BCUT2D eigenvalue weighted by Gasteiger charge is 2.22. The van der Waals surface area contributed by atoms with Gasteiger partial charge < -0.3 is 10.6 Å². The number of likely N-dealkylation sites (tertiary alicyclic amines) is 1. The fourth-order valence-electron chi connectivity index (χ4n) is 2.18.